The molecular formula is C52H28N2O2S2. The van der Waals surface area contributed by atoms with E-state index in [2.05, 4.69) is 106 Å². The molecule has 0 unspecified atom stereocenters. The second-order valence-corrected chi connectivity index (χ2v) is 15.9. The van der Waals surface area contributed by atoms with Crippen LogP contribution in [0.1, 0.15) is 54.1 Å². The Labute approximate surface area is 343 Å². The molecule has 58 heavy (non-hydrogen) atoms. The number of hydrogen-bond donors (Lipinski definition) is 0. The van der Waals surface area contributed by atoms with E-state index in [9.17, 15) is 9.59 Å². The smallest absolute Gasteiger partial charge is 0.194 e. The Balaban J connectivity index is 1.01. The predicted octanol–water partition coefficient (Wildman–Crippen LogP) is 12.2. The van der Waals surface area contributed by atoms with Crippen LogP contribution >= 0.6 is 24.4 Å². The summed E-state index contributed by atoms with van der Waals surface area (Å²) in [6.45, 7) is 0. The minimum atomic E-state index is 0.0111. The Morgan fingerprint density at radius 1 is 0.293 bits per heavy atom. The lowest BCUT2D eigenvalue weighted by molar-refractivity contribution is 0.103. The first kappa shape index (κ1) is 33.1. The van der Waals surface area contributed by atoms with E-state index in [0.717, 1.165) is 88.1 Å². The van der Waals surface area contributed by atoms with Crippen molar-refractivity contribution in [3.8, 4) is 22.3 Å². The molecule has 0 spiro atoms. The van der Waals surface area contributed by atoms with E-state index >= 15 is 0 Å². The van der Waals surface area contributed by atoms with Crippen LogP contribution in [-0.2, 0) is 0 Å². The fraction of sp³-hybridized carbons (Fsp3) is 0. The quantitative estimate of drug-likeness (QED) is 0.168. The van der Waals surface area contributed by atoms with Crippen LogP contribution in [0.3, 0.4) is 0 Å². The maximum atomic E-state index is 13.4. The Hall–Kier alpha value is -7.12. The molecule has 2 aliphatic rings. The Kier molecular flexibility index (Phi) is 6.95. The van der Waals surface area contributed by atoms with Gasteiger partial charge < -0.3 is 0 Å². The molecule has 10 aromatic rings. The molecule has 4 nitrogen and oxygen atoms in total. The first-order valence-corrected chi connectivity index (χ1v) is 20.0. The first-order chi connectivity index (χ1) is 28.4. The van der Waals surface area contributed by atoms with Crippen molar-refractivity contribution in [1.82, 2.24) is 9.35 Å². The van der Waals surface area contributed by atoms with Gasteiger partial charge in [-0.25, -0.2) is 9.35 Å². The molecule has 0 bridgehead atoms. The molecule has 0 atom stereocenters. The lowest BCUT2D eigenvalue weighted by Crippen LogP contribution is -2.20. The number of benzene rings is 8. The molecular weight excluding hydrogens is 749 g/mol. The highest BCUT2D eigenvalue weighted by atomic mass is 32.1. The van der Waals surface area contributed by atoms with Crippen LogP contribution in [0.25, 0.3) is 65.9 Å². The molecule has 0 fully saturated rings. The van der Waals surface area contributed by atoms with Crippen molar-refractivity contribution < 1.29 is 9.59 Å². The number of nitrogens with zero attached hydrogens (tertiary/aromatic N) is 2. The number of rotatable bonds is 3. The maximum Gasteiger partial charge on any atom is 0.194 e. The molecule has 12 rings (SSSR count). The summed E-state index contributed by atoms with van der Waals surface area (Å²) in [5.41, 5.74) is 14.3. The van der Waals surface area contributed by atoms with E-state index in [-0.39, 0.29) is 11.6 Å². The minimum absolute atomic E-state index is 0.0111. The summed E-state index contributed by atoms with van der Waals surface area (Å²) in [4.78, 5) is 28.3. The van der Waals surface area contributed by atoms with Gasteiger partial charge in [0.25, 0.3) is 0 Å². The van der Waals surface area contributed by atoms with Crippen LogP contribution in [0.5, 0.6) is 0 Å². The predicted molar refractivity (Wildman–Crippen MR) is 242 cm³/mol. The topological polar surface area (TPSA) is 44.0 Å². The van der Waals surface area contributed by atoms with Gasteiger partial charge in [0.15, 0.2) is 11.6 Å². The molecule has 0 aliphatic heterocycles. The SMILES string of the molecule is O=C1c2ccccc2C(=S)c2cc(-c3ccc4c(c3)c3ccccc3n4-n3c4ccccc4c4cc(-c5ccc6c(c5)C(=S)c5ccccc5C6=O)ccc43)ccc21. The number of aromatic nitrogens is 2. The monoisotopic (exact) mass is 776 g/mol. The molecule has 8 aromatic carbocycles. The van der Waals surface area contributed by atoms with Crippen LogP contribution in [0.15, 0.2) is 170 Å². The molecule has 2 aromatic heterocycles. The highest BCUT2D eigenvalue weighted by Gasteiger charge is 2.29. The summed E-state index contributed by atoms with van der Waals surface area (Å²) in [6, 6.07) is 57.6. The second kappa shape index (κ2) is 12.2. The summed E-state index contributed by atoms with van der Waals surface area (Å²) < 4.78 is 4.66. The van der Waals surface area contributed by atoms with Crippen LogP contribution in [0.2, 0.25) is 0 Å². The largest absolute Gasteiger partial charge is 0.289 e. The minimum Gasteiger partial charge on any atom is -0.289 e. The molecule has 0 saturated heterocycles. The van der Waals surface area contributed by atoms with Gasteiger partial charge in [-0.2, -0.15) is 0 Å². The van der Waals surface area contributed by atoms with Gasteiger partial charge in [0.1, 0.15) is 0 Å². The zero-order valence-electron chi connectivity index (χ0n) is 30.7. The van der Waals surface area contributed by atoms with E-state index in [1.165, 1.54) is 0 Å². The summed E-state index contributed by atoms with van der Waals surface area (Å²) in [5, 5.41) is 4.53. The first-order valence-electron chi connectivity index (χ1n) is 19.2. The van der Waals surface area contributed by atoms with Gasteiger partial charge in [-0.1, -0.05) is 134 Å². The lowest BCUT2D eigenvalue weighted by atomic mass is 9.83. The van der Waals surface area contributed by atoms with Crippen molar-refractivity contribution in [2.45, 2.75) is 0 Å². The third-order valence-electron chi connectivity index (χ3n) is 12.0. The lowest BCUT2D eigenvalue weighted by Gasteiger charge is -2.20. The average molecular weight is 777 g/mol. The van der Waals surface area contributed by atoms with Gasteiger partial charge in [-0.3, -0.25) is 9.59 Å². The third kappa shape index (κ3) is 4.55. The van der Waals surface area contributed by atoms with Gasteiger partial charge in [-0.15, -0.1) is 0 Å². The van der Waals surface area contributed by atoms with Gasteiger partial charge in [0, 0.05) is 66.1 Å². The summed E-state index contributed by atoms with van der Waals surface area (Å²) >= 11 is 11.9. The average Bonchev–Trinajstić information content (AvgIpc) is 3.78. The zero-order valence-corrected chi connectivity index (χ0v) is 32.3. The van der Waals surface area contributed by atoms with Crippen molar-refractivity contribution >= 4 is 89.3 Å². The number of carbonyl (C=O) groups excluding carboxylic acids is 2. The van der Waals surface area contributed by atoms with Crippen LogP contribution in [0.4, 0.5) is 0 Å². The van der Waals surface area contributed by atoms with Gasteiger partial charge in [-0.05, 0) is 82.9 Å². The number of para-hydroxylation sites is 2. The summed E-state index contributed by atoms with van der Waals surface area (Å²) in [7, 11) is 0. The van der Waals surface area contributed by atoms with E-state index < -0.39 is 0 Å². The van der Waals surface area contributed by atoms with Gasteiger partial charge in [0.2, 0.25) is 0 Å². The number of carbonyl (C=O) groups is 2. The van der Waals surface area contributed by atoms with E-state index in [4.69, 9.17) is 24.4 Å². The van der Waals surface area contributed by atoms with Crippen molar-refractivity contribution in [1.29, 1.82) is 0 Å². The zero-order chi connectivity index (χ0) is 38.8. The standard InChI is InChI=1S/C52H28N2O2S2/c55-49-35-11-1-3-13-39(35)51(57)43-27-29(17-21-37(43)49)31-19-23-47-41(25-31)33-9-5-7-15-45(33)53(47)54-46-16-8-6-10-34(46)42-26-32(20-24-48(42)54)30-18-22-38-44(28-30)52(58)40-14-4-2-12-36(40)50(38)56/h1-28H. The number of hydrogen-bond acceptors (Lipinski definition) is 4. The molecule has 2 heterocycles. The second-order valence-electron chi connectivity index (χ2n) is 15.1. The fourth-order valence-electron chi connectivity index (χ4n) is 9.25. The third-order valence-corrected chi connectivity index (χ3v) is 12.9. The fourth-order valence-corrected chi connectivity index (χ4v) is 9.95. The van der Waals surface area contributed by atoms with Crippen LogP contribution in [-0.4, -0.2) is 30.6 Å². The molecule has 0 saturated carbocycles. The van der Waals surface area contributed by atoms with E-state index in [1.54, 1.807) is 0 Å². The van der Waals surface area contributed by atoms with Gasteiger partial charge in [0.05, 0.1) is 31.8 Å². The Morgan fingerprint density at radius 2 is 0.621 bits per heavy atom. The van der Waals surface area contributed by atoms with Crippen LogP contribution in [0, 0.1) is 0 Å². The van der Waals surface area contributed by atoms with Gasteiger partial charge >= 0.3 is 0 Å². The molecule has 2 aliphatic carbocycles. The Morgan fingerprint density at radius 3 is 1.07 bits per heavy atom. The van der Waals surface area contributed by atoms with E-state index in [1.807, 2.05) is 72.8 Å². The normalized spacial score (nSPS) is 13.3. The van der Waals surface area contributed by atoms with Crippen LogP contribution < -0.4 is 0 Å². The molecule has 0 amide bonds. The van der Waals surface area contributed by atoms with E-state index in [0.29, 0.717) is 32.0 Å². The maximum absolute atomic E-state index is 13.4. The van der Waals surface area contributed by atoms with Crippen molar-refractivity contribution in [3.05, 3.63) is 214 Å². The number of thiocarbonyl (C=S) groups is 2. The molecule has 6 heteroatoms. The summed E-state index contributed by atoms with van der Waals surface area (Å²) in [6.07, 6.45) is 0. The Bertz CT molecular complexity index is 3310. The molecule has 0 radical (unpaired) electrons. The molecule has 270 valence electrons. The van der Waals surface area contributed by atoms with Crippen molar-refractivity contribution in [2.75, 3.05) is 0 Å². The highest BCUT2D eigenvalue weighted by molar-refractivity contribution is 7.81. The summed E-state index contributed by atoms with van der Waals surface area (Å²) in [5.74, 6) is 0.0222. The number of fused-ring (bicyclic) bond motifs is 10. The number of ketones is 2. The highest BCUT2D eigenvalue weighted by Crippen LogP contribution is 2.40. The molecule has 0 N–H and O–H groups in total. The van der Waals surface area contributed by atoms with Crippen molar-refractivity contribution in [2.24, 2.45) is 0 Å². The van der Waals surface area contributed by atoms with Crippen molar-refractivity contribution in [3.63, 3.8) is 0 Å².